The first-order valence-corrected chi connectivity index (χ1v) is 14.9. The topological polar surface area (TPSA) is 94.7 Å². The molecule has 2 N–H and O–H groups in total. The summed E-state index contributed by atoms with van der Waals surface area (Å²) in [6.07, 6.45) is 2.84. The highest BCUT2D eigenvalue weighted by molar-refractivity contribution is 6.32. The quantitative estimate of drug-likeness (QED) is 0.181. The van der Waals surface area contributed by atoms with Crippen LogP contribution in [0.15, 0.2) is 73.1 Å². The van der Waals surface area contributed by atoms with E-state index in [4.69, 9.17) is 23.2 Å². The molecule has 0 amide bonds. The fourth-order valence-electron chi connectivity index (χ4n) is 5.57. The van der Waals surface area contributed by atoms with Gasteiger partial charge in [-0.05, 0) is 48.9 Å². The van der Waals surface area contributed by atoms with Crippen LogP contribution >= 0.6 is 23.2 Å². The summed E-state index contributed by atoms with van der Waals surface area (Å²) < 4.78 is 30.6. The van der Waals surface area contributed by atoms with E-state index in [9.17, 15) is 9.65 Å². The van der Waals surface area contributed by atoms with Gasteiger partial charge < -0.3 is 15.5 Å². The molecular weight excluding hydrogens is 605 g/mol. The van der Waals surface area contributed by atoms with Crippen LogP contribution in [0.4, 0.5) is 25.8 Å². The summed E-state index contributed by atoms with van der Waals surface area (Å²) in [6, 6.07) is 18.7. The molecular formula is C32H28Cl2F2N8. The first kappa shape index (κ1) is 29.8. The Morgan fingerprint density at radius 2 is 1.95 bits per heavy atom. The summed E-state index contributed by atoms with van der Waals surface area (Å²) >= 11 is 12.6. The van der Waals surface area contributed by atoms with Gasteiger partial charge in [-0.3, -0.25) is 4.98 Å². The normalized spacial score (nSPS) is 17.7. The van der Waals surface area contributed by atoms with Crippen molar-refractivity contribution in [3.05, 3.63) is 106 Å². The van der Waals surface area contributed by atoms with Crippen LogP contribution in [-0.2, 0) is 0 Å². The maximum Gasteiger partial charge on any atom is 0.141 e. The average Bonchev–Trinajstić information content (AvgIpc) is 3.51. The van der Waals surface area contributed by atoms with Crippen molar-refractivity contribution in [2.75, 3.05) is 30.3 Å². The molecule has 1 saturated heterocycles. The smallest absolute Gasteiger partial charge is 0.141 e. The Labute approximate surface area is 263 Å². The Hall–Kier alpha value is -4.30. The second kappa shape index (κ2) is 12.7. The van der Waals surface area contributed by atoms with Gasteiger partial charge in [0.05, 0.1) is 45.8 Å². The Morgan fingerprint density at radius 1 is 1.14 bits per heavy atom. The van der Waals surface area contributed by atoms with E-state index in [1.807, 2.05) is 37.3 Å². The monoisotopic (exact) mass is 632 g/mol. The predicted octanol–water partition coefficient (Wildman–Crippen LogP) is 7.69. The number of halogens is 4. The SMILES string of the molecule is CCN1CC[C@@H](n2cc([C@@H](Nc3cc(Cl)cc4c(Nc5ccc(F)c(Cl)c5)c(C#N)cnc34)c3ccccc3)nn2)[C@H](F)C1. The lowest BCUT2D eigenvalue weighted by molar-refractivity contribution is 0.0865. The van der Waals surface area contributed by atoms with Gasteiger partial charge in [-0.15, -0.1) is 5.10 Å². The number of likely N-dealkylation sites (tertiary alicyclic amines) is 1. The third kappa shape index (κ3) is 6.04. The molecule has 3 atom stereocenters. The lowest BCUT2D eigenvalue weighted by Crippen LogP contribution is -2.42. The van der Waals surface area contributed by atoms with E-state index in [1.165, 1.54) is 24.4 Å². The number of benzene rings is 3. The van der Waals surface area contributed by atoms with Crippen LogP contribution in [0.1, 0.15) is 42.2 Å². The molecule has 6 rings (SSSR count). The molecule has 8 nitrogen and oxygen atoms in total. The average molecular weight is 634 g/mol. The van der Waals surface area contributed by atoms with Gasteiger partial charge >= 0.3 is 0 Å². The summed E-state index contributed by atoms with van der Waals surface area (Å²) in [6.45, 7) is 4.00. The number of anilines is 3. The van der Waals surface area contributed by atoms with Crippen LogP contribution < -0.4 is 10.6 Å². The molecule has 0 unspecified atom stereocenters. The Kier molecular flexibility index (Phi) is 8.62. The maximum atomic E-state index is 15.1. The molecule has 1 aliphatic rings. The van der Waals surface area contributed by atoms with E-state index in [-0.39, 0.29) is 10.6 Å². The minimum atomic E-state index is -1.06. The predicted molar refractivity (Wildman–Crippen MR) is 169 cm³/mol. The van der Waals surface area contributed by atoms with Crippen LogP contribution in [0, 0.1) is 17.1 Å². The van der Waals surface area contributed by atoms with Crippen molar-refractivity contribution in [2.45, 2.75) is 31.6 Å². The van der Waals surface area contributed by atoms with E-state index < -0.39 is 24.1 Å². The molecule has 3 aromatic carbocycles. The number of pyridine rings is 1. The second-order valence-electron chi connectivity index (χ2n) is 10.6. The molecule has 1 fully saturated rings. The molecule has 5 aromatic rings. The number of hydrogen-bond donors (Lipinski definition) is 2. The fraction of sp³-hybridized carbons (Fsp3) is 0.250. The van der Waals surface area contributed by atoms with Crippen molar-refractivity contribution >= 4 is 51.2 Å². The van der Waals surface area contributed by atoms with Crippen molar-refractivity contribution in [1.82, 2.24) is 24.9 Å². The minimum absolute atomic E-state index is 0.0546. The molecule has 2 aromatic heterocycles. The van der Waals surface area contributed by atoms with Gasteiger partial charge in [0.15, 0.2) is 0 Å². The van der Waals surface area contributed by atoms with E-state index in [0.717, 1.165) is 18.7 Å². The van der Waals surface area contributed by atoms with Crippen LogP contribution in [0.25, 0.3) is 10.9 Å². The number of aromatic nitrogens is 4. The van der Waals surface area contributed by atoms with Crippen molar-refractivity contribution in [2.24, 2.45) is 0 Å². The molecule has 224 valence electrons. The molecule has 44 heavy (non-hydrogen) atoms. The zero-order valence-corrected chi connectivity index (χ0v) is 25.2. The number of nitrogens with zero attached hydrogens (tertiary/aromatic N) is 6. The van der Waals surface area contributed by atoms with Gasteiger partial charge in [-0.2, -0.15) is 5.26 Å². The highest BCUT2D eigenvalue weighted by Crippen LogP contribution is 2.38. The van der Waals surface area contributed by atoms with Crippen LogP contribution in [0.3, 0.4) is 0 Å². The lowest BCUT2D eigenvalue weighted by atomic mass is 10.0. The number of rotatable bonds is 8. The van der Waals surface area contributed by atoms with E-state index in [0.29, 0.717) is 51.6 Å². The van der Waals surface area contributed by atoms with Gasteiger partial charge in [0.25, 0.3) is 0 Å². The number of hydrogen-bond acceptors (Lipinski definition) is 7. The summed E-state index contributed by atoms with van der Waals surface area (Å²) in [7, 11) is 0. The van der Waals surface area contributed by atoms with Crippen molar-refractivity contribution in [1.29, 1.82) is 5.26 Å². The third-order valence-corrected chi connectivity index (χ3v) is 8.39. The fourth-order valence-corrected chi connectivity index (χ4v) is 5.97. The van der Waals surface area contributed by atoms with Crippen molar-refractivity contribution < 1.29 is 8.78 Å². The van der Waals surface area contributed by atoms with Gasteiger partial charge in [0.1, 0.15) is 23.8 Å². The number of nitriles is 1. The molecule has 12 heteroatoms. The van der Waals surface area contributed by atoms with Crippen molar-refractivity contribution in [3.8, 4) is 6.07 Å². The maximum absolute atomic E-state index is 15.1. The lowest BCUT2D eigenvalue weighted by Gasteiger charge is -2.33. The molecule has 0 aliphatic carbocycles. The second-order valence-corrected chi connectivity index (χ2v) is 11.5. The highest BCUT2D eigenvalue weighted by atomic mass is 35.5. The number of fused-ring (bicyclic) bond motifs is 1. The molecule has 0 saturated carbocycles. The van der Waals surface area contributed by atoms with Gasteiger partial charge in [0, 0.05) is 35.4 Å². The van der Waals surface area contributed by atoms with E-state index in [1.54, 1.807) is 23.0 Å². The number of nitrogens with one attached hydrogen (secondary N) is 2. The summed E-state index contributed by atoms with van der Waals surface area (Å²) in [5, 5.41) is 26.3. The van der Waals surface area contributed by atoms with Gasteiger partial charge in [-0.1, -0.05) is 65.7 Å². The summed E-state index contributed by atoms with van der Waals surface area (Å²) in [5.41, 5.74) is 3.82. The Balaban J connectivity index is 1.40. The van der Waals surface area contributed by atoms with Crippen LogP contribution in [0.5, 0.6) is 0 Å². The van der Waals surface area contributed by atoms with Gasteiger partial charge in [0.2, 0.25) is 0 Å². The summed E-state index contributed by atoms with van der Waals surface area (Å²) in [5.74, 6) is -0.552. The van der Waals surface area contributed by atoms with Crippen LogP contribution in [-0.4, -0.2) is 50.7 Å². The third-order valence-electron chi connectivity index (χ3n) is 7.88. The summed E-state index contributed by atoms with van der Waals surface area (Å²) in [4.78, 5) is 6.70. The van der Waals surface area contributed by atoms with Gasteiger partial charge in [-0.25, -0.2) is 13.5 Å². The highest BCUT2D eigenvalue weighted by Gasteiger charge is 2.31. The molecule has 0 spiro atoms. The van der Waals surface area contributed by atoms with E-state index >= 15 is 4.39 Å². The van der Waals surface area contributed by atoms with Crippen LogP contribution in [0.2, 0.25) is 10.0 Å². The first-order valence-electron chi connectivity index (χ1n) is 14.2. The zero-order chi connectivity index (χ0) is 30.8. The molecule has 0 radical (unpaired) electrons. The van der Waals surface area contributed by atoms with E-state index in [2.05, 4.69) is 36.9 Å². The molecule has 3 heterocycles. The zero-order valence-electron chi connectivity index (χ0n) is 23.7. The van der Waals surface area contributed by atoms with Crippen molar-refractivity contribution in [3.63, 3.8) is 0 Å². The molecule has 1 aliphatic heterocycles. The Bertz CT molecular complexity index is 1840. The first-order chi connectivity index (χ1) is 21.3. The number of alkyl halides is 1. The number of piperidine rings is 1. The largest absolute Gasteiger partial charge is 0.371 e. The standard InChI is InChI=1S/C32H28Cl2F2N8/c1-2-43-11-10-29(26(36)17-43)44-18-28(41-42-44)31(19-6-4-3-5-7-19)40-27-13-21(33)12-23-30(20(15-37)16-38-32(23)27)39-22-8-9-25(35)24(34)14-22/h3-9,12-14,16,18,26,29,31,40H,2,10-11,17H2,1H3,(H,38,39)/t26-,29-,31+/m1/s1. The Morgan fingerprint density at radius 3 is 2.68 bits per heavy atom. The molecule has 0 bridgehead atoms. The minimum Gasteiger partial charge on any atom is -0.371 e.